The van der Waals surface area contributed by atoms with Crippen molar-refractivity contribution in [1.29, 1.82) is 0 Å². The first-order valence-electron chi connectivity index (χ1n) is 10.7. The van der Waals surface area contributed by atoms with Crippen LogP contribution in [0, 0.1) is 12.8 Å². The Hall–Kier alpha value is -2.57. The van der Waals surface area contributed by atoms with Gasteiger partial charge < -0.3 is 20.1 Å². The van der Waals surface area contributed by atoms with Crippen molar-refractivity contribution >= 4 is 11.6 Å². The summed E-state index contributed by atoms with van der Waals surface area (Å²) in [7, 11) is 4.11. The minimum atomic E-state index is 0.513. The summed E-state index contributed by atoms with van der Waals surface area (Å²) in [4.78, 5) is 7.02. The lowest BCUT2D eigenvalue weighted by Crippen LogP contribution is -2.41. The van der Waals surface area contributed by atoms with Crippen molar-refractivity contribution in [3.63, 3.8) is 0 Å². The maximum Gasteiger partial charge on any atom is 0.191 e. The summed E-state index contributed by atoms with van der Waals surface area (Å²) in [6.45, 7) is 9.72. The van der Waals surface area contributed by atoms with E-state index in [0.717, 1.165) is 43.7 Å². The number of nitrogens with one attached hydrogen (secondary N) is 2. The molecule has 0 radical (unpaired) electrons. The molecule has 0 bridgehead atoms. The van der Waals surface area contributed by atoms with Crippen LogP contribution in [0.25, 0.3) is 0 Å². The maximum atomic E-state index is 4.74. The number of hydrogen-bond acceptors (Lipinski definition) is 4. The quantitative estimate of drug-likeness (QED) is 0.345. The number of guanidine groups is 1. The fourth-order valence-corrected chi connectivity index (χ4v) is 3.07. The molecule has 0 saturated carbocycles. The SMILES string of the molecule is CCC(CC)CNC(=NCc1nnc(C)n1C)NCCCN(C)c1ccccc1. The Morgan fingerprint density at radius 1 is 1.14 bits per heavy atom. The predicted octanol–water partition coefficient (Wildman–Crippen LogP) is 3.12. The van der Waals surface area contributed by atoms with Crippen molar-refractivity contribution in [3.8, 4) is 0 Å². The van der Waals surface area contributed by atoms with Crippen LogP contribution in [-0.2, 0) is 13.6 Å². The van der Waals surface area contributed by atoms with Gasteiger partial charge in [-0.25, -0.2) is 4.99 Å². The largest absolute Gasteiger partial charge is 0.375 e. The zero-order valence-corrected chi connectivity index (χ0v) is 18.6. The highest BCUT2D eigenvalue weighted by molar-refractivity contribution is 5.79. The molecule has 2 rings (SSSR count). The Morgan fingerprint density at radius 3 is 2.48 bits per heavy atom. The van der Waals surface area contributed by atoms with Gasteiger partial charge in [0, 0.05) is 39.4 Å². The van der Waals surface area contributed by atoms with Gasteiger partial charge in [0.2, 0.25) is 0 Å². The highest BCUT2D eigenvalue weighted by Gasteiger charge is 2.08. The number of aryl methyl sites for hydroxylation is 1. The Labute approximate surface area is 175 Å². The van der Waals surface area contributed by atoms with Gasteiger partial charge in [-0.3, -0.25) is 0 Å². The van der Waals surface area contributed by atoms with Crippen LogP contribution in [-0.4, -0.2) is 47.4 Å². The summed E-state index contributed by atoms with van der Waals surface area (Å²) >= 11 is 0. The molecule has 29 heavy (non-hydrogen) atoms. The Bertz CT molecular complexity index is 735. The smallest absolute Gasteiger partial charge is 0.191 e. The number of rotatable bonds is 11. The van der Waals surface area contributed by atoms with Crippen molar-refractivity contribution in [2.24, 2.45) is 18.0 Å². The summed E-state index contributed by atoms with van der Waals surface area (Å²) in [6, 6.07) is 10.5. The molecule has 0 fully saturated rings. The second kappa shape index (κ2) is 12.1. The Balaban J connectivity index is 1.88. The van der Waals surface area contributed by atoms with E-state index in [-0.39, 0.29) is 0 Å². The molecular weight excluding hydrogens is 362 g/mol. The second-order valence-corrected chi connectivity index (χ2v) is 7.49. The van der Waals surface area contributed by atoms with E-state index in [9.17, 15) is 0 Å². The van der Waals surface area contributed by atoms with Gasteiger partial charge in [0.1, 0.15) is 12.4 Å². The van der Waals surface area contributed by atoms with E-state index in [2.05, 4.69) is 70.9 Å². The topological polar surface area (TPSA) is 70.4 Å². The zero-order chi connectivity index (χ0) is 21.1. The molecule has 1 aromatic carbocycles. The Morgan fingerprint density at radius 2 is 1.86 bits per heavy atom. The van der Waals surface area contributed by atoms with Crippen LogP contribution in [0.5, 0.6) is 0 Å². The van der Waals surface area contributed by atoms with Crippen molar-refractivity contribution in [2.45, 2.75) is 46.6 Å². The molecule has 0 saturated heterocycles. The van der Waals surface area contributed by atoms with E-state index in [1.807, 2.05) is 24.6 Å². The molecule has 7 heteroatoms. The number of anilines is 1. The van der Waals surface area contributed by atoms with Gasteiger partial charge in [-0.05, 0) is 31.4 Å². The first-order chi connectivity index (χ1) is 14.0. The molecule has 0 aliphatic rings. The van der Waals surface area contributed by atoms with E-state index in [4.69, 9.17) is 4.99 Å². The van der Waals surface area contributed by atoms with Crippen LogP contribution < -0.4 is 15.5 Å². The zero-order valence-electron chi connectivity index (χ0n) is 18.6. The normalized spacial score (nSPS) is 11.7. The van der Waals surface area contributed by atoms with Gasteiger partial charge in [0.25, 0.3) is 0 Å². The number of hydrogen-bond donors (Lipinski definition) is 2. The first-order valence-corrected chi connectivity index (χ1v) is 10.7. The van der Waals surface area contributed by atoms with Crippen LogP contribution in [0.4, 0.5) is 5.69 Å². The number of aliphatic imine (C=N–C) groups is 1. The van der Waals surface area contributed by atoms with Crippen molar-refractivity contribution in [2.75, 3.05) is 31.6 Å². The number of para-hydroxylation sites is 1. The lowest BCUT2D eigenvalue weighted by atomic mass is 10.0. The van der Waals surface area contributed by atoms with Gasteiger partial charge >= 0.3 is 0 Å². The molecule has 0 aliphatic carbocycles. The monoisotopic (exact) mass is 399 g/mol. The predicted molar refractivity (Wildman–Crippen MR) is 121 cm³/mol. The van der Waals surface area contributed by atoms with Gasteiger partial charge in [-0.1, -0.05) is 44.9 Å². The van der Waals surface area contributed by atoms with Gasteiger partial charge in [-0.2, -0.15) is 0 Å². The van der Waals surface area contributed by atoms with Crippen molar-refractivity contribution < 1.29 is 0 Å². The lowest BCUT2D eigenvalue weighted by molar-refractivity contribution is 0.481. The molecule has 1 aromatic heterocycles. The van der Waals surface area contributed by atoms with Crippen LogP contribution >= 0.6 is 0 Å². The van der Waals surface area contributed by atoms with Crippen LogP contribution in [0.3, 0.4) is 0 Å². The fourth-order valence-electron chi connectivity index (χ4n) is 3.07. The third-order valence-electron chi connectivity index (χ3n) is 5.43. The van der Waals surface area contributed by atoms with Crippen LogP contribution in [0.1, 0.15) is 44.8 Å². The highest BCUT2D eigenvalue weighted by Crippen LogP contribution is 2.10. The maximum absolute atomic E-state index is 4.74. The summed E-state index contributed by atoms with van der Waals surface area (Å²) in [5.41, 5.74) is 1.24. The summed E-state index contributed by atoms with van der Waals surface area (Å²) in [6.07, 6.45) is 3.36. The molecule has 0 spiro atoms. The molecule has 0 atom stereocenters. The third-order valence-corrected chi connectivity index (χ3v) is 5.43. The average molecular weight is 400 g/mol. The van der Waals surface area contributed by atoms with E-state index in [1.165, 1.54) is 18.5 Å². The summed E-state index contributed by atoms with van der Waals surface area (Å²) in [5, 5.41) is 15.3. The second-order valence-electron chi connectivity index (χ2n) is 7.49. The minimum absolute atomic E-state index is 0.513. The molecule has 0 unspecified atom stereocenters. The minimum Gasteiger partial charge on any atom is -0.375 e. The molecule has 0 amide bonds. The van der Waals surface area contributed by atoms with Gasteiger partial charge in [-0.15, -0.1) is 10.2 Å². The van der Waals surface area contributed by atoms with E-state index in [1.54, 1.807) is 0 Å². The van der Waals surface area contributed by atoms with E-state index < -0.39 is 0 Å². The molecule has 1 heterocycles. The summed E-state index contributed by atoms with van der Waals surface area (Å²) < 4.78 is 1.98. The molecule has 160 valence electrons. The number of aromatic nitrogens is 3. The summed E-state index contributed by atoms with van der Waals surface area (Å²) in [5.74, 6) is 3.27. The van der Waals surface area contributed by atoms with E-state index in [0.29, 0.717) is 12.5 Å². The average Bonchev–Trinajstić information content (AvgIpc) is 3.07. The molecule has 2 N–H and O–H groups in total. The number of nitrogens with zero attached hydrogens (tertiary/aromatic N) is 5. The first kappa shape index (κ1) is 22.7. The standard InChI is InChI=1S/C22H37N7/c1-6-19(7-2)16-24-22(25-17-21-27-26-18(3)29(21)5)23-14-11-15-28(4)20-12-9-8-10-13-20/h8-10,12-13,19H,6-7,11,14-17H2,1-5H3,(H2,23,24,25). The molecular formula is C22H37N7. The van der Waals surface area contributed by atoms with Crippen LogP contribution in [0.15, 0.2) is 35.3 Å². The number of benzene rings is 1. The molecule has 2 aromatic rings. The Kier molecular flexibility index (Phi) is 9.47. The van der Waals surface area contributed by atoms with Gasteiger partial charge in [0.05, 0.1) is 0 Å². The fraction of sp³-hybridized carbons (Fsp3) is 0.591. The van der Waals surface area contributed by atoms with E-state index >= 15 is 0 Å². The lowest BCUT2D eigenvalue weighted by Gasteiger charge is -2.20. The molecule has 0 aliphatic heterocycles. The van der Waals surface area contributed by atoms with Gasteiger partial charge in [0.15, 0.2) is 11.8 Å². The highest BCUT2D eigenvalue weighted by atomic mass is 15.3. The van der Waals surface area contributed by atoms with Crippen LogP contribution in [0.2, 0.25) is 0 Å². The third kappa shape index (κ3) is 7.40. The van der Waals surface area contributed by atoms with Crippen molar-refractivity contribution in [3.05, 3.63) is 42.0 Å². The molecule has 7 nitrogen and oxygen atoms in total. The van der Waals surface area contributed by atoms with Crippen molar-refractivity contribution in [1.82, 2.24) is 25.4 Å².